The lowest BCUT2D eigenvalue weighted by Crippen LogP contribution is -2.62. The molecule has 7 saturated carbocycles. The van der Waals surface area contributed by atoms with Crippen LogP contribution in [0.1, 0.15) is 149 Å². The van der Waals surface area contributed by atoms with E-state index in [1.165, 1.54) is 29.4 Å². The third kappa shape index (κ3) is 7.30. The number of aliphatic hydroxyl groups is 3. The van der Waals surface area contributed by atoms with E-state index in [-0.39, 0.29) is 52.2 Å². The van der Waals surface area contributed by atoms with Crippen molar-refractivity contribution in [2.24, 2.45) is 69.5 Å². The summed E-state index contributed by atoms with van der Waals surface area (Å²) in [6, 6.07) is 9.14. The van der Waals surface area contributed by atoms with Gasteiger partial charge in [0.05, 0.1) is 32.0 Å². The predicted octanol–water partition coefficient (Wildman–Crippen LogP) is 9.60. The fraction of sp³-hybridized carbons (Fsp3) is 0.750. The molecular formula is C56H79NO7. The minimum absolute atomic E-state index is 0.0780. The average molecular weight is 878 g/mol. The second kappa shape index (κ2) is 17.3. The maximum Gasteiger partial charge on any atom is 0.305 e. The number of fused-ring (bicyclic) bond motifs is 9. The van der Waals surface area contributed by atoms with E-state index in [4.69, 9.17) is 9.47 Å². The molecule has 8 aliphatic rings. The first-order valence-corrected chi connectivity index (χ1v) is 25.4. The van der Waals surface area contributed by atoms with Gasteiger partial charge >= 0.3 is 5.97 Å². The summed E-state index contributed by atoms with van der Waals surface area (Å²) < 4.78 is 11.6. The number of nitrogens with zero attached hydrogens (tertiary/aromatic N) is 1. The predicted molar refractivity (Wildman–Crippen MR) is 251 cm³/mol. The zero-order chi connectivity index (χ0) is 45.5. The number of hydrogen-bond donors (Lipinski definition) is 3. The van der Waals surface area contributed by atoms with Crippen molar-refractivity contribution in [1.82, 2.24) is 0 Å². The van der Waals surface area contributed by atoms with Crippen molar-refractivity contribution in [3.63, 3.8) is 0 Å². The molecule has 0 radical (unpaired) electrons. The molecule has 3 unspecified atom stereocenters. The summed E-state index contributed by atoms with van der Waals surface area (Å²) in [5.74, 6) is 9.44. The van der Waals surface area contributed by atoms with E-state index in [0.29, 0.717) is 73.1 Å². The van der Waals surface area contributed by atoms with Crippen molar-refractivity contribution >= 4 is 17.4 Å². The van der Waals surface area contributed by atoms with E-state index >= 15 is 0 Å². The molecule has 0 spiro atoms. The van der Waals surface area contributed by atoms with Crippen LogP contribution in [0.4, 0.5) is 5.69 Å². The van der Waals surface area contributed by atoms with Gasteiger partial charge in [0.15, 0.2) is 0 Å². The Morgan fingerprint density at radius 1 is 1.00 bits per heavy atom. The summed E-state index contributed by atoms with van der Waals surface area (Å²) in [5.41, 5.74) is 5.14. The number of carbonyl (C=O) groups is 2. The molecule has 8 heteroatoms. The Morgan fingerprint density at radius 2 is 1.77 bits per heavy atom. The van der Waals surface area contributed by atoms with Crippen LogP contribution in [0.5, 0.6) is 0 Å². The van der Waals surface area contributed by atoms with Crippen LogP contribution in [0.3, 0.4) is 0 Å². The molecule has 0 amide bonds. The van der Waals surface area contributed by atoms with Crippen LogP contribution in [0.15, 0.2) is 47.1 Å². The van der Waals surface area contributed by atoms with Crippen LogP contribution in [-0.4, -0.2) is 78.3 Å². The third-order valence-corrected chi connectivity index (χ3v) is 20.7. The lowest BCUT2D eigenvalue weighted by atomic mass is 9.43. The maximum atomic E-state index is 12.6. The van der Waals surface area contributed by atoms with Gasteiger partial charge < -0.3 is 29.7 Å². The molecule has 1 aromatic carbocycles. The lowest BCUT2D eigenvalue weighted by molar-refractivity contribution is -0.209. The molecule has 350 valence electrons. The average Bonchev–Trinajstić information content (AvgIpc) is 3.73. The van der Waals surface area contributed by atoms with Gasteiger partial charge in [-0.25, -0.2) is 0 Å². The molecule has 8 aliphatic carbocycles. The molecule has 17 atom stereocenters. The van der Waals surface area contributed by atoms with Crippen LogP contribution in [0.25, 0.3) is 0 Å². The molecule has 0 saturated heterocycles. The number of allylic oxidation sites excluding steroid dienone is 4. The van der Waals surface area contributed by atoms with Gasteiger partial charge in [-0.3, -0.25) is 9.59 Å². The molecule has 8 nitrogen and oxygen atoms in total. The van der Waals surface area contributed by atoms with Gasteiger partial charge in [0, 0.05) is 49.9 Å². The van der Waals surface area contributed by atoms with Gasteiger partial charge in [0.2, 0.25) is 0 Å². The zero-order valence-corrected chi connectivity index (χ0v) is 40.3. The highest BCUT2D eigenvalue weighted by molar-refractivity contribution is 5.84. The van der Waals surface area contributed by atoms with Crippen LogP contribution < -0.4 is 4.90 Å². The Hall–Kier alpha value is -2.96. The van der Waals surface area contributed by atoms with Crippen LogP contribution in [0.2, 0.25) is 0 Å². The molecule has 9 rings (SSSR count). The summed E-state index contributed by atoms with van der Waals surface area (Å²) in [6.45, 7) is 14.8. The minimum atomic E-state index is -1.03. The highest BCUT2D eigenvalue weighted by atomic mass is 16.5. The monoisotopic (exact) mass is 878 g/mol. The van der Waals surface area contributed by atoms with Gasteiger partial charge in [-0.1, -0.05) is 64.3 Å². The highest BCUT2D eigenvalue weighted by Gasteiger charge is 2.67. The first kappa shape index (κ1) is 46.2. The van der Waals surface area contributed by atoms with E-state index in [9.17, 15) is 24.9 Å². The molecule has 3 N–H and O–H groups in total. The first-order valence-electron chi connectivity index (χ1n) is 25.4. The molecular weight excluding hydrogens is 799 g/mol. The SMILES string of the molecule is CC#C[C@]1(O)[C@H](C)CC2C3CC=C4CC(=O)CCC4=C3[C@@H](c3ccc(N(C)CCO[C@H]4CC[C@@]5(C)[C@@H](C4)C[C@@H](O)[C@@H]4[C@@H]5C[C@H](O)[C@]5(C)C([C@H](C)CCC(=O)OC)CC[C@@H]45)cc3)C[C@@]21C. The number of esters is 1. The van der Waals surface area contributed by atoms with Crippen molar-refractivity contribution in [2.75, 3.05) is 32.2 Å². The third-order valence-electron chi connectivity index (χ3n) is 20.7. The van der Waals surface area contributed by atoms with E-state index in [1.54, 1.807) is 0 Å². The number of hydrogen-bond acceptors (Lipinski definition) is 8. The number of ketones is 1. The molecule has 7 fully saturated rings. The molecule has 0 aliphatic heterocycles. The van der Waals surface area contributed by atoms with Crippen molar-refractivity contribution in [1.29, 1.82) is 0 Å². The molecule has 1 aromatic rings. The summed E-state index contributed by atoms with van der Waals surface area (Å²) in [4.78, 5) is 26.9. The van der Waals surface area contributed by atoms with Gasteiger partial charge in [-0.2, -0.15) is 0 Å². The van der Waals surface area contributed by atoms with Crippen molar-refractivity contribution < 1.29 is 34.4 Å². The van der Waals surface area contributed by atoms with Gasteiger partial charge in [-0.15, -0.1) is 5.92 Å². The summed E-state index contributed by atoms with van der Waals surface area (Å²) in [7, 11) is 3.60. The fourth-order valence-corrected chi connectivity index (χ4v) is 17.0. The Labute approximate surface area is 384 Å². The Kier molecular flexibility index (Phi) is 12.5. The standard InChI is InChI=1S/C56H79NO7/c1-9-23-56(62)34(3)27-46-42-17-13-36-28-39(58)16-18-41(36)51(42)43(32-54(46,56)5)35-11-14-38(15-12-35)57(7)25-26-64-40-22-24-53(4)37(29-40)30-48(59)52-45-20-19-44(33(2)10-21-50(61)63-8)55(45,6)49(60)31-47(52)53/h11-15,33-34,37,40,42-49,52,59-60,62H,10,16-22,24-32H2,1-8H3/t33-,34-,37+,40+,42?,43-,44?,45+,46?,47+,48-,49+,52+,53+,54+,55-,56+/m1/s1. The number of ether oxygens (including phenoxy) is 2. The maximum absolute atomic E-state index is 12.6. The fourth-order valence-electron chi connectivity index (χ4n) is 17.0. The number of Topliss-reactive ketones (excluding diaryl/α,β-unsaturated/α-hetero) is 1. The number of aliphatic hydroxyl groups excluding tert-OH is 2. The van der Waals surface area contributed by atoms with Crippen molar-refractivity contribution in [3.05, 3.63) is 52.6 Å². The van der Waals surface area contributed by atoms with Gasteiger partial charge in [0.1, 0.15) is 11.4 Å². The lowest BCUT2D eigenvalue weighted by Gasteiger charge is -2.63. The number of methoxy groups -OCH3 is 1. The normalized spacial score (nSPS) is 43.9. The first-order chi connectivity index (χ1) is 30.5. The summed E-state index contributed by atoms with van der Waals surface area (Å²) >= 11 is 0. The highest BCUT2D eigenvalue weighted by Crippen LogP contribution is 2.70. The quantitative estimate of drug-likeness (QED) is 0.157. The smallest absolute Gasteiger partial charge is 0.305 e. The van der Waals surface area contributed by atoms with E-state index < -0.39 is 11.7 Å². The molecule has 0 heterocycles. The zero-order valence-electron chi connectivity index (χ0n) is 40.3. The Morgan fingerprint density at radius 3 is 2.50 bits per heavy atom. The number of anilines is 1. The van der Waals surface area contributed by atoms with E-state index in [0.717, 1.165) is 89.3 Å². The number of benzene rings is 1. The number of rotatable bonds is 10. The molecule has 64 heavy (non-hydrogen) atoms. The second-order valence-corrected chi connectivity index (χ2v) is 23.2. The second-order valence-electron chi connectivity index (χ2n) is 23.2. The van der Waals surface area contributed by atoms with Gasteiger partial charge in [-0.05, 0) is 177 Å². The Bertz CT molecular complexity index is 2080. The summed E-state index contributed by atoms with van der Waals surface area (Å²) in [6.07, 6.45) is 14.4. The number of carbonyl (C=O) groups excluding carboxylic acids is 2. The van der Waals surface area contributed by atoms with E-state index in [2.05, 4.69) is 88.7 Å². The molecule has 0 aromatic heterocycles. The van der Waals surface area contributed by atoms with E-state index in [1.807, 2.05) is 6.92 Å². The number of likely N-dealkylation sites (N-methyl/N-ethyl adjacent to an activating group) is 1. The van der Waals surface area contributed by atoms with Crippen LogP contribution >= 0.6 is 0 Å². The molecule has 0 bridgehead atoms. The minimum Gasteiger partial charge on any atom is -0.469 e. The van der Waals surface area contributed by atoms with Crippen molar-refractivity contribution in [2.45, 2.75) is 168 Å². The van der Waals surface area contributed by atoms with Crippen molar-refractivity contribution in [3.8, 4) is 11.8 Å². The largest absolute Gasteiger partial charge is 0.469 e. The Balaban J connectivity index is 0.840. The topological polar surface area (TPSA) is 117 Å². The van der Waals surface area contributed by atoms with Crippen LogP contribution in [0, 0.1) is 81.3 Å². The van der Waals surface area contributed by atoms with Crippen LogP contribution in [-0.2, 0) is 19.1 Å². The van der Waals surface area contributed by atoms with Gasteiger partial charge in [0.25, 0.3) is 0 Å². The summed E-state index contributed by atoms with van der Waals surface area (Å²) in [5, 5.41) is 36.4.